The molecule has 1 aromatic carbocycles. The van der Waals surface area contributed by atoms with Gasteiger partial charge in [-0.2, -0.15) is 0 Å². The van der Waals surface area contributed by atoms with Crippen LogP contribution in [-0.2, 0) is 16.1 Å². The topological polar surface area (TPSA) is 88.5 Å². The van der Waals surface area contributed by atoms with E-state index in [0.29, 0.717) is 18.2 Å². The van der Waals surface area contributed by atoms with Crippen molar-refractivity contribution in [2.45, 2.75) is 25.5 Å². The molecule has 1 aliphatic rings. The molecule has 7 heteroatoms. The van der Waals surface area contributed by atoms with Crippen LogP contribution in [0.15, 0.2) is 29.6 Å². The second kappa shape index (κ2) is 6.89. The number of carbonyl (C=O) groups is 2. The number of benzene rings is 1. The van der Waals surface area contributed by atoms with Crippen molar-refractivity contribution in [2.24, 2.45) is 0 Å². The van der Waals surface area contributed by atoms with Gasteiger partial charge in [0.15, 0.2) is 5.69 Å². The van der Waals surface area contributed by atoms with Crippen LogP contribution in [0, 0.1) is 0 Å². The summed E-state index contributed by atoms with van der Waals surface area (Å²) in [6.07, 6.45) is 1.35. The SMILES string of the molecule is O=C(O)c1csc(-c2cccc(CNC(=O)C3CCCO3)c2)n1. The molecule has 0 spiro atoms. The number of rotatable bonds is 5. The number of hydrogen-bond acceptors (Lipinski definition) is 5. The van der Waals surface area contributed by atoms with E-state index in [0.717, 1.165) is 24.0 Å². The predicted octanol–water partition coefficient (Wildman–Crippen LogP) is 2.30. The molecule has 3 rings (SSSR count). The monoisotopic (exact) mass is 332 g/mol. The van der Waals surface area contributed by atoms with Gasteiger partial charge in [0, 0.05) is 24.1 Å². The summed E-state index contributed by atoms with van der Waals surface area (Å²) in [5, 5.41) is 14.0. The van der Waals surface area contributed by atoms with Gasteiger partial charge in [-0.1, -0.05) is 18.2 Å². The lowest BCUT2D eigenvalue weighted by atomic mass is 10.1. The molecule has 1 saturated heterocycles. The number of amides is 1. The molecule has 120 valence electrons. The first kappa shape index (κ1) is 15.6. The maximum Gasteiger partial charge on any atom is 0.355 e. The number of carboxylic acids is 1. The van der Waals surface area contributed by atoms with Crippen molar-refractivity contribution in [3.05, 3.63) is 40.9 Å². The molecular formula is C16H16N2O4S. The lowest BCUT2D eigenvalue weighted by Gasteiger charge is -2.10. The van der Waals surface area contributed by atoms with Crippen LogP contribution in [0.25, 0.3) is 10.6 Å². The van der Waals surface area contributed by atoms with E-state index in [-0.39, 0.29) is 17.7 Å². The Balaban J connectivity index is 1.67. The van der Waals surface area contributed by atoms with Gasteiger partial charge in [0.2, 0.25) is 5.91 Å². The molecule has 1 atom stereocenters. The van der Waals surface area contributed by atoms with E-state index in [1.54, 1.807) is 0 Å². The Morgan fingerprint density at radius 1 is 1.43 bits per heavy atom. The molecule has 2 N–H and O–H groups in total. The highest BCUT2D eigenvalue weighted by Gasteiger charge is 2.23. The van der Waals surface area contributed by atoms with Crippen molar-refractivity contribution in [2.75, 3.05) is 6.61 Å². The van der Waals surface area contributed by atoms with Crippen LogP contribution in [-0.4, -0.2) is 34.7 Å². The number of nitrogens with one attached hydrogen (secondary N) is 1. The summed E-state index contributed by atoms with van der Waals surface area (Å²) in [6, 6.07) is 7.55. The smallest absolute Gasteiger partial charge is 0.355 e. The Labute approximate surface area is 137 Å². The summed E-state index contributed by atoms with van der Waals surface area (Å²) in [4.78, 5) is 26.9. The second-order valence-electron chi connectivity index (χ2n) is 5.26. The molecule has 2 heterocycles. The third-order valence-electron chi connectivity index (χ3n) is 3.59. The molecule has 23 heavy (non-hydrogen) atoms. The number of carboxylic acid groups (broad SMARTS) is 1. The third kappa shape index (κ3) is 3.75. The lowest BCUT2D eigenvalue weighted by molar-refractivity contribution is -0.130. The minimum atomic E-state index is -1.03. The van der Waals surface area contributed by atoms with Crippen molar-refractivity contribution < 1.29 is 19.4 Å². The number of aromatic nitrogens is 1. The zero-order valence-electron chi connectivity index (χ0n) is 12.3. The normalized spacial score (nSPS) is 17.1. The van der Waals surface area contributed by atoms with Crippen LogP contribution >= 0.6 is 11.3 Å². The number of thiazole rings is 1. The molecule has 1 aliphatic heterocycles. The van der Waals surface area contributed by atoms with Crippen molar-refractivity contribution in [3.63, 3.8) is 0 Å². The average molecular weight is 332 g/mol. The van der Waals surface area contributed by atoms with E-state index in [9.17, 15) is 9.59 Å². The molecule has 1 amide bonds. The minimum absolute atomic E-state index is 0.0436. The first-order valence-corrected chi connectivity index (χ1v) is 8.19. The number of hydrogen-bond donors (Lipinski definition) is 2. The van der Waals surface area contributed by atoms with E-state index in [4.69, 9.17) is 9.84 Å². The predicted molar refractivity (Wildman–Crippen MR) is 85.3 cm³/mol. The van der Waals surface area contributed by atoms with Crippen LogP contribution < -0.4 is 5.32 Å². The Bertz CT molecular complexity index is 722. The molecule has 0 radical (unpaired) electrons. The van der Waals surface area contributed by atoms with Gasteiger partial charge < -0.3 is 15.2 Å². The molecule has 0 aliphatic carbocycles. The van der Waals surface area contributed by atoms with Crippen LogP contribution in [0.3, 0.4) is 0 Å². The average Bonchev–Trinajstić information content (AvgIpc) is 3.24. The fourth-order valence-corrected chi connectivity index (χ4v) is 3.20. The summed E-state index contributed by atoms with van der Waals surface area (Å²) in [5.41, 5.74) is 1.81. The highest BCUT2D eigenvalue weighted by atomic mass is 32.1. The first-order chi connectivity index (χ1) is 11.1. The molecule has 2 aromatic rings. The number of aromatic carboxylic acids is 1. The van der Waals surface area contributed by atoms with Crippen LogP contribution in [0.5, 0.6) is 0 Å². The molecule has 6 nitrogen and oxygen atoms in total. The summed E-state index contributed by atoms with van der Waals surface area (Å²) in [5.74, 6) is -1.12. The number of ether oxygens (including phenoxy) is 1. The van der Waals surface area contributed by atoms with E-state index in [1.807, 2.05) is 24.3 Å². The van der Waals surface area contributed by atoms with Gasteiger partial charge in [-0.05, 0) is 24.5 Å². The van der Waals surface area contributed by atoms with Crippen molar-refractivity contribution in [1.82, 2.24) is 10.3 Å². The van der Waals surface area contributed by atoms with Gasteiger partial charge in [0.25, 0.3) is 0 Å². The summed E-state index contributed by atoms with van der Waals surface area (Å²) < 4.78 is 5.35. The second-order valence-corrected chi connectivity index (χ2v) is 6.12. The van der Waals surface area contributed by atoms with Crippen molar-refractivity contribution >= 4 is 23.2 Å². The van der Waals surface area contributed by atoms with Gasteiger partial charge >= 0.3 is 5.97 Å². The highest BCUT2D eigenvalue weighted by Crippen LogP contribution is 2.24. The van der Waals surface area contributed by atoms with Gasteiger partial charge in [-0.3, -0.25) is 4.79 Å². The third-order valence-corrected chi connectivity index (χ3v) is 4.48. The van der Waals surface area contributed by atoms with Gasteiger partial charge in [0.05, 0.1) is 0 Å². The zero-order chi connectivity index (χ0) is 16.2. The number of carbonyl (C=O) groups excluding carboxylic acids is 1. The summed E-state index contributed by atoms with van der Waals surface area (Å²) in [7, 11) is 0. The molecule has 1 unspecified atom stereocenters. The highest BCUT2D eigenvalue weighted by molar-refractivity contribution is 7.13. The lowest BCUT2D eigenvalue weighted by Crippen LogP contribution is -2.33. The summed E-state index contributed by atoms with van der Waals surface area (Å²) in [6.45, 7) is 1.05. The van der Waals surface area contributed by atoms with E-state index < -0.39 is 5.97 Å². The quantitative estimate of drug-likeness (QED) is 0.877. The van der Waals surface area contributed by atoms with Crippen LogP contribution in [0.1, 0.15) is 28.9 Å². The molecule has 1 fully saturated rings. The van der Waals surface area contributed by atoms with E-state index in [2.05, 4.69) is 10.3 Å². The Hall–Kier alpha value is -2.25. The Morgan fingerprint density at radius 3 is 3.00 bits per heavy atom. The van der Waals surface area contributed by atoms with Gasteiger partial charge in [-0.15, -0.1) is 11.3 Å². The van der Waals surface area contributed by atoms with Gasteiger partial charge in [0.1, 0.15) is 11.1 Å². The van der Waals surface area contributed by atoms with Crippen LogP contribution in [0.4, 0.5) is 0 Å². The molecule has 1 aromatic heterocycles. The van der Waals surface area contributed by atoms with Crippen molar-refractivity contribution in [1.29, 1.82) is 0 Å². The maximum atomic E-state index is 11.9. The maximum absolute atomic E-state index is 11.9. The van der Waals surface area contributed by atoms with E-state index in [1.165, 1.54) is 16.7 Å². The largest absolute Gasteiger partial charge is 0.476 e. The fraction of sp³-hybridized carbons (Fsp3) is 0.312. The van der Waals surface area contributed by atoms with E-state index >= 15 is 0 Å². The standard InChI is InChI=1S/C16H16N2O4S/c19-14(13-5-2-6-22-13)17-8-10-3-1-4-11(7-10)15-18-12(9-23-15)16(20)21/h1,3-4,7,9,13H,2,5-6,8H2,(H,17,19)(H,20,21). The Kier molecular flexibility index (Phi) is 4.68. The van der Waals surface area contributed by atoms with Crippen molar-refractivity contribution in [3.8, 4) is 10.6 Å². The van der Waals surface area contributed by atoms with Crippen LogP contribution in [0.2, 0.25) is 0 Å². The fourth-order valence-electron chi connectivity index (χ4n) is 2.41. The molecule has 0 bridgehead atoms. The Morgan fingerprint density at radius 2 is 2.30 bits per heavy atom. The summed E-state index contributed by atoms with van der Waals surface area (Å²) >= 11 is 1.29. The molecular weight excluding hydrogens is 316 g/mol. The number of nitrogens with zero attached hydrogens (tertiary/aromatic N) is 1. The van der Waals surface area contributed by atoms with Gasteiger partial charge in [-0.25, -0.2) is 9.78 Å². The first-order valence-electron chi connectivity index (χ1n) is 7.31. The zero-order valence-corrected chi connectivity index (χ0v) is 13.1. The minimum Gasteiger partial charge on any atom is -0.476 e. The molecule has 0 saturated carbocycles.